The summed E-state index contributed by atoms with van der Waals surface area (Å²) < 4.78 is 1.08. The van der Waals surface area contributed by atoms with Crippen molar-refractivity contribution in [1.82, 2.24) is 0 Å². The molecule has 0 aliphatic rings. The fraction of sp³-hybridized carbons (Fsp3) is 0.286. The molecule has 1 aromatic heterocycles. The zero-order valence-corrected chi connectivity index (χ0v) is 13.2. The van der Waals surface area contributed by atoms with Gasteiger partial charge in [0.2, 0.25) is 0 Å². The quantitative estimate of drug-likeness (QED) is 0.614. The maximum Gasteiger partial charge on any atom is 0.0857 e. The SMILES string of the molecule is Cc1ccc(Br)c(C(Cl)c2cc(C)sc2C)c1. The Morgan fingerprint density at radius 3 is 2.41 bits per heavy atom. The van der Waals surface area contributed by atoms with Crippen LogP contribution in [-0.2, 0) is 0 Å². The molecule has 3 heteroatoms. The molecular weight excluding hydrogens is 316 g/mol. The molecule has 1 heterocycles. The monoisotopic (exact) mass is 328 g/mol. The summed E-state index contributed by atoms with van der Waals surface area (Å²) in [6, 6.07) is 8.48. The second-order valence-corrected chi connectivity index (χ2v) is 7.01. The number of hydrogen-bond donors (Lipinski definition) is 0. The first-order valence-electron chi connectivity index (χ1n) is 5.46. The predicted molar refractivity (Wildman–Crippen MR) is 80.4 cm³/mol. The lowest BCUT2D eigenvalue weighted by atomic mass is 10.0. The minimum atomic E-state index is -0.0748. The van der Waals surface area contributed by atoms with Crippen LogP contribution in [0.3, 0.4) is 0 Å². The molecule has 90 valence electrons. The summed E-state index contributed by atoms with van der Waals surface area (Å²) in [5, 5.41) is -0.0748. The predicted octanol–water partition coefficient (Wildman–Crippen LogP) is 5.76. The smallest absolute Gasteiger partial charge is 0.0857 e. The lowest BCUT2D eigenvalue weighted by molar-refractivity contribution is 1.11. The molecule has 0 nitrogen and oxygen atoms in total. The van der Waals surface area contributed by atoms with Crippen molar-refractivity contribution in [3.8, 4) is 0 Å². The zero-order valence-electron chi connectivity index (χ0n) is 10.1. The van der Waals surface area contributed by atoms with Crippen molar-refractivity contribution in [2.75, 3.05) is 0 Å². The van der Waals surface area contributed by atoms with E-state index in [9.17, 15) is 0 Å². The highest BCUT2D eigenvalue weighted by molar-refractivity contribution is 9.10. The molecule has 0 amide bonds. The topological polar surface area (TPSA) is 0 Å². The van der Waals surface area contributed by atoms with Crippen molar-refractivity contribution in [1.29, 1.82) is 0 Å². The van der Waals surface area contributed by atoms with Crippen LogP contribution in [0.4, 0.5) is 0 Å². The largest absolute Gasteiger partial charge is 0.146 e. The van der Waals surface area contributed by atoms with Gasteiger partial charge in [-0.2, -0.15) is 0 Å². The minimum Gasteiger partial charge on any atom is -0.146 e. The van der Waals surface area contributed by atoms with Crippen LogP contribution in [0.2, 0.25) is 0 Å². The molecule has 2 aromatic rings. The molecule has 1 unspecified atom stereocenters. The van der Waals surface area contributed by atoms with Crippen LogP contribution >= 0.6 is 38.9 Å². The van der Waals surface area contributed by atoms with Gasteiger partial charge in [0.25, 0.3) is 0 Å². The van der Waals surface area contributed by atoms with E-state index in [0.717, 1.165) is 10.0 Å². The van der Waals surface area contributed by atoms with Gasteiger partial charge in [-0.15, -0.1) is 22.9 Å². The Morgan fingerprint density at radius 2 is 1.82 bits per heavy atom. The number of halogens is 2. The van der Waals surface area contributed by atoms with Crippen molar-refractivity contribution in [3.63, 3.8) is 0 Å². The van der Waals surface area contributed by atoms with E-state index in [1.165, 1.54) is 20.9 Å². The highest BCUT2D eigenvalue weighted by Crippen LogP contribution is 2.38. The van der Waals surface area contributed by atoms with Crippen LogP contribution < -0.4 is 0 Å². The summed E-state index contributed by atoms with van der Waals surface area (Å²) in [6.07, 6.45) is 0. The van der Waals surface area contributed by atoms with E-state index in [1.807, 2.05) is 0 Å². The highest BCUT2D eigenvalue weighted by Gasteiger charge is 2.17. The van der Waals surface area contributed by atoms with Crippen LogP contribution in [0.1, 0.15) is 31.8 Å². The van der Waals surface area contributed by atoms with Gasteiger partial charge in [-0.05, 0) is 44.0 Å². The summed E-state index contributed by atoms with van der Waals surface area (Å²) in [5.41, 5.74) is 3.60. The summed E-state index contributed by atoms with van der Waals surface area (Å²) in [4.78, 5) is 2.61. The fourth-order valence-corrected chi connectivity index (χ4v) is 3.97. The van der Waals surface area contributed by atoms with Gasteiger partial charge in [0.1, 0.15) is 0 Å². The van der Waals surface area contributed by atoms with Gasteiger partial charge in [-0.25, -0.2) is 0 Å². The Labute approximate surface area is 120 Å². The highest BCUT2D eigenvalue weighted by atomic mass is 79.9. The van der Waals surface area contributed by atoms with Crippen molar-refractivity contribution in [3.05, 3.63) is 55.2 Å². The minimum absolute atomic E-state index is 0.0748. The van der Waals surface area contributed by atoms with E-state index in [1.54, 1.807) is 11.3 Å². The number of alkyl halides is 1. The van der Waals surface area contributed by atoms with Crippen molar-refractivity contribution < 1.29 is 0 Å². The fourth-order valence-electron chi connectivity index (χ4n) is 1.93. The lowest BCUT2D eigenvalue weighted by Crippen LogP contribution is -1.95. The molecule has 0 saturated carbocycles. The second-order valence-electron chi connectivity index (χ2n) is 4.26. The van der Waals surface area contributed by atoms with Gasteiger partial charge < -0.3 is 0 Å². The van der Waals surface area contributed by atoms with Crippen molar-refractivity contribution >= 4 is 38.9 Å². The summed E-state index contributed by atoms with van der Waals surface area (Å²) in [5.74, 6) is 0. The van der Waals surface area contributed by atoms with E-state index in [-0.39, 0.29) is 5.38 Å². The van der Waals surface area contributed by atoms with Crippen molar-refractivity contribution in [2.24, 2.45) is 0 Å². The molecule has 0 fully saturated rings. The normalized spacial score (nSPS) is 12.8. The third-order valence-corrected chi connectivity index (χ3v) is 4.95. The second kappa shape index (κ2) is 5.13. The van der Waals surface area contributed by atoms with Crippen LogP contribution in [0, 0.1) is 20.8 Å². The van der Waals surface area contributed by atoms with Crippen LogP contribution in [0.15, 0.2) is 28.7 Å². The van der Waals surface area contributed by atoms with Gasteiger partial charge in [0.05, 0.1) is 5.38 Å². The number of hydrogen-bond acceptors (Lipinski definition) is 1. The molecule has 0 saturated heterocycles. The Bertz CT molecular complexity index is 545. The summed E-state index contributed by atoms with van der Waals surface area (Å²) in [7, 11) is 0. The molecular formula is C14H14BrClS. The molecule has 2 rings (SSSR count). The van der Waals surface area contributed by atoms with Crippen LogP contribution in [0.5, 0.6) is 0 Å². The maximum absolute atomic E-state index is 6.60. The van der Waals surface area contributed by atoms with E-state index < -0.39 is 0 Å². The Balaban J connectivity index is 2.46. The van der Waals surface area contributed by atoms with Gasteiger partial charge in [0, 0.05) is 14.2 Å². The first-order valence-corrected chi connectivity index (χ1v) is 7.50. The Kier molecular flexibility index (Phi) is 3.96. The van der Waals surface area contributed by atoms with Gasteiger partial charge in [-0.3, -0.25) is 0 Å². The molecule has 0 spiro atoms. The van der Waals surface area contributed by atoms with Crippen molar-refractivity contribution in [2.45, 2.75) is 26.1 Å². The number of aryl methyl sites for hydroxylation is 3. The summed E-state index contributed by atoms with van der Waals surface area (Å²) in [6.45, 7) is 6.34. The molecule has 0 aliphatic carbocycles. The average molecular weight is 330 g/mol. The average Bonchev–Trinajstić information content (AvgIpc) is 2.60. The maximum atomic E-state index is 6.60. The van der Waals surface area contributed by atoms with E-state index >= 15 is 0 Å². The number of thiophene rings is 1. The molecule has 0 radical (unpaired) electrons. The van der Waals surface area contributed by atoms with Gasteiger partial charge in [0.15, 0.2) is 0 Å². The van der Waals surface area contributed by atoms with E-state index in [0.29, 0.717) is 0 Å². The van der Waals surface area contributed by atoms with Crippen LogP contribution in [0.25, 0.3) is 0 Å². The molecule has 17 heavy (non-hydrogen) atoms. The first kappa shape index (κ1) is 13.1. The van der Waals surface area contributed by atoms with Gasteiger partial charge in [-0.1, -0.05) is 33.6 Å². The van der Waals surface area contributed by atoms with E-state index in [4.69, 9.17) is 11.6 Å². The Morgan fingerprint density at radius 1 is 1.12 bits per heavy atom. The molecule has 0 aliphatic heterocycles. The number of rotatable bonds is 2. The molecule has 0 N–H and O–H groups in total. The molecule has 1 atom stereocenters. The Hall–Kier alpha value is -0.310. The lowest BCUT2D eigenvalue weighted by Gasteiger charge is -2.12. The molecule has 1 aromatic carbocycles. The van der Waals surface area contributed by atoms with Crippen LogP contribution in [-0.4, -0.2) is 0 Å². The van der Waals surface area contributed by atoms with E-state index in [2.05, 4.69) is 61.0 Å². The first-order chi connectivity index (χ1) is 7.99. The zero-order chi connectivity index (χ0) is 12.6. The number of benzene rings is 1. The third kappa shape index (κ3) is 2.75. The third-order valence-electron chi connectivity index (χ3n) is 2.78. The molecule has 0 bridgehead atoms. The standard InChI is InChI=1S/C14H14BrClS/c1-8-4-5-13(15)12(6-8)14(16)11-7-9(2)17-10(11)3/h4-7,14H,1-3H3. The summed E-state index contributed by atoms with van der Waals surface area (Å²) >= 11 is 12.0. The van der Waals surface area contributed by atoms with Gasteiger partial charge >= 0.3 is 0 Å².